The molecule has 2 aliphatic rings. The third-order valence-corrected chi connectivity index (χ3v) is 4.58. The number of fused-ring (bicyclic) bond motifs is 1. The number of ether oxygens (including phenoxy) is 1. The van der Waals surface area contributed by atoms with E-state index in [1.807, 2.05) is 0 Å². The quantitative estimate of drug-likeness (QED) is 0.904. The Kier molecular flexibility index (Phi) is 5.09. The second-order valence-corrected chi connectivity index (χ2v) is 6.17. The molecular weight excluding hydrogens is 262 g/mol. The van der Waals surface area contributed by atoms with Gasteiger partial charge in [-0.3, -0.25) is 4.90 Å². The van der Waals surface area contributed by atoms with Crippen LogP contribution in [0.2, 0.25) is 0 Å². The van der Waals surface area contributed by atoms with E-state index in [1.165, 1.54) is 31.4 Å². The van der Waals surface area contributed by atoms with E-state index in [1.54, 1.807) is 0 Å². The van der Waals surface area contributed by atoms with Gasteiger partial charge < -0.3 is 10.1 Å². The van der Waals surface area contributed by atoms with Gasteiger partial charge in [-0.15, -0.1) is 0 Å². The Hall–Kier alpha value is -1.13. The van der Waals surface area contributed by atoms with E-state index in [2.05, 4.69) is 35.3 Å². The Balaban J connectivity index is 1.64. The van der Waals surface area contributed by atoms with Crippen LogP contribution in [0.25, 0.3) is 0 Å². The first-order valence-corrected chi connectivity index (χ1v) is 8.42. The van der Waals surface area contributed by atoms with Crippen LogP contribution < -0.4 is 5.32 Å². The van der Waals surface area contributed by atoms with Gasteiger partial charge in [-0.2, -0.15) is 0 Å². The summed E-state index contributed by atoms with van der Waals surface area (Å²) in [5.74, 6) is 1.00. The molecule has 0 radical (unpaired) electrons. The molecule has 1 aromatic rings. The minimum absolute atomic E-state index is 0.453. The topological polar surface area (TPSA) is 37.4 Å². The van der Waals surface area contributed by atoms with E-state index in [-0.39, 0.29) is 0 Å². The van der Waals surface area contributed by atoms with Gasteiger partial charge in [0, 0.05) is 25.7 Å². The predicted molar refractivity (Wildman–Crippen MR) is 85.4 cm³/mol. The van der Waals surface area contributed by atoms with Gasteiger partial charge in [-0.05, 0) is 31.4 Å². The molecule has 4 nitrogen and oxygen atoms in total. The van der Waals surface area contributed by atoms with Crippen LogP contribution in [0.15, 0.2) is 18.2 Å². The first-order chi connectivity index (χ1) is 10.4. The van der Waals surface area contributed by atoms with E-state index in [0.717, 1.165) is 38.5 Å². The molecule has 1 aliphatic heterocycles. The molecule has 1 aromatic heterocycles. The lowest BCUT2D eigenvalue weighted by Crippen LogP contribution is -2.52. The van der Waals surface area contributed by atoms with Gasteiger partial charge in [0.15, 0.2) is 0 Å². The first-order valence-electron chi connectivity index (χ1n) is 8.42. The number of morpholine rings is 1. The summed E-state index contributed by atoms with van der Waals surface area (Å²) in [7, 11) is 0. The Morgan fingerprint density at radius 2 is 2.24 bits per heavy atom. The Labute approximate surface area is 127 Å². The lowest BCUT2D eigenvalue weighted by Gasteiger charge is -2.43. The summed E-state index contributed by atoms with van der Waals surface area (Å²) in [4.78, 5) is 7.33. The van der Waals surface area contributed by atoms with Crippen molar-refractivity contribution in [1.29, 1.82) is 0 Å². The number of pyridine rings is 1. The fourth-order valence-corrected chi connectivity index (χ4v) is 3.50. The molecule has 3 rings (SSSR count). The molecule has 0 spiro atoms. The maximum Gasteiger partial charge on any atom is 0.126 e. The third-order valence-electron chi connectivity index (χ3n) is 4.58. The average Bonchev–Trinajstić information content (AvgIpc) is 2.54. The van der Waals surface area contributed by atoms with Crippen molar-refractivity contribution >= 4 is 5.82 Å². The van der Waals surface area contributed by atoms with E-state index >= 15 is 0 Å². The zero-order valence-corrected chi connectivity index (χ0v) is 13.1. The van der Waals surface area contributed by atoms with Crippen LogP contribution >= 0.6 is 0 Å². The Morgan fingerprint density at radius 3 is 3.14 bits per heavy atom. The molecule has 21 heavy (non-hydrogen) atoms. The molecule has 2 atom stereocenters. The summed E-state index contributed by atoms with van der Waals surface area (Å²) in [6.07, 6.45) is 6.74. The number of nitrogens with one attached hydrogen (secondary N) is 1. The van der Waals surface area contributed by atoms with Crippen molar-refractivity contribution in [3.8, 4) is 0 Å². The van der Waals surface area contributed by atoms with E-state index in [9.17, 15) is 0 Å². The third kappa shape index (κ3) is 3.74. The zero-order chi connectivity index (χ0) is 14.5. The minimum atomic E-state index is 0.453. The standard InChI is InChI=1S/C17H27N3O/c1-2-10-18-17-9-5-6-14(19-17)13-20-11-12-21-16-8-4-3-7-15(16)20/h5-6,9,15-16H,2-4,7-8,10-13H2,1H3,(H,18,19). The molecule has 2 unspecified atom stereocenters. The van der Waals surface area contributed by atoms with Crippen LogP contribution in [0.1, 0.15) is 44.7 Å². The largest absolute Gasteiger partial charge is 0.375 e. The van der Waals surface area contributed by atoms with Crippen LogP contribution in [0.4, 0.5) is 5.82 Å². The number of hydrogen-bond acceptors (Lipinski definition) is 4. The average molecular weight is 289 g/mol. The SMILES string of the molecule is CCCNc1cccc(CN2CCOC3CCCCC32)n1. The van der Waals surface area contributed by atoms with Crippen molar-refractivity contribution in [2.24, 2.45) is 0 Å². The lowest BCUT2D eigenvalue weighted by atomic mass is 9.90. The van der Waals surface area contributed by atoms with E-state index < -0.39 is 0 Å². The molecule has 2 fully saturated rings. The molecule has 1 aliphatic carbocycles. The van der Waals surface area contributed by atoms with Crippen molar-refractivity contribution in [2.45, 2.75) is 57.7 Å². The first kappa shape index (κ1) is 14.8. The summed E-state index contributed by atoms with van der Waals surface area (Å²) in [6.45, 7) is 6.02. The van der Waals surface area contributed by atoms with Gasteiger partial charge >= 0.3 is 0 Å². The van der Waals surface area contributed by atoms with E-state index in [4.69, 9.17) is 9.72 Å². The maximum absolute atomic E-state index is 5.95. The summed E-state index contributed by atoms with van der Waals surface area (Å²) in [5, 5.41) is 3.37. The van der Waals surface area contributed by atoms with Crippen LogP contribution in [0.3, 0.4) is 0 Å². The summed E-state index contributed by atoms with van der Waals surface area (Å²) in [5.41, 5.74) is 1.17. The molecule has 2 heterocycles. The van der Waals surface area contributed by atoms with Gasteiger partial charge in [-0.1, -0.05) is 25.8 Å². The van der Waals surface area contributed by atoms with Crippen molar-refractivity contribution in [3.05, 3.63) is 23.9 Å². The van der Waals surface area contributed by atoms with Crippen molar-refractivity contribution in [2.75, 3.05) is 25.0 Å². The molecule has 0 bridgehead atoms. The van der Waals surface area contributed by atoms with Gasteiger partial charge in [0.2, 0.25) is 0 Å². The highest BCUT2D eigenvalue weighted by Gasteiger charge is 2.34. The molecule has 0 amide bonds. The summed E-state index contributed by atoms with van der Waals surface area (Å²) in [6, 6.07) is 6.91. The van der Waals surface area contributed by atoms with Crippen LogP contribution in [0.5, 0.6) is 0 Å². The second-order valence-electron chi connectivity index (χ2n) is 6.17. The fraction of sp³-hybridized carbons (Fsp3) is 0.706. The monoisotopic (exact) mass is 289 g/mol. The molecule has 116 valence electrons. The number of hydrogen-bond donors (Lipinski definition) is 1. The highest BCUT2D eigenvalue weighted by molar-refractivity contribution is 5.35. The minimum Gasteiger partial charge on any atom is -0.375 e. The van der Waals surface area contributed by atoms with Gasteiger partial charge in [0.1, 0.15) is 5.82 Å². The van der Waals surface area contributed by atoms with Crippen LogP contribution in [0, 0.1) is 0 Å². The van der Waals surface area contributed by atoms with Gasteiger partial charge in [0.05, 0.1) is 18.4 Å². The highest BCUT2D eigenvalue weighted by atomic mass is 16.5. The summed E-state index contributed by atoms with van der Waals surface area (Å²) < 4.78 is 5.95. The van der Waals surface area contributed by atoms with Crippen molar-refractivity contribution in [3.63, 3.8) is 0 Å². The van der Waals surface area contributed by atoms with Crippen molar-refractivity contribution in [1.82, 2.24) is 9.88 Å². The normalized spacial score (nSPS) is 26.3. The Bertz CT molecular complexity index is 449. The smallest absolute Gasteiger partial charge is 0.126 e. The number of anilines is 1. The lowest BCUT2D eigenvalue weighted by molar-refractivity contribution is -0.0914. The van der Waals surface area contributed by atoms with Gasteiger partial charge in [-0.25, -0.2) is 4.98 Å². The number of nitrogens with zero attached hydrogens (tertiary/aromatic N) is 2. The molecule has 4 heteroatoms. The van der Waals surface area contributed by atoms with Gasteiger partial charge in [0.25, 0.3) is 0 Å². The second kappa shape index (κ2) is 7.23. The molecule has 1 saturated carbocycles. The highest BCUT2D eigenvalue weighted by Crippen LogP contribution is 2.29. The van der Waals surface area contributed by atoms with E-state index in [0.29, 0.717) is 12.1 Å². The molecule has 1 N–H and O–H groups in total. The molecular formula is C17H27N3O. The molecule has 1 saturated heterocycles. The fourth-order valence-electron chi connectivity index (χ4n) is 3.50. The van der Waals surface area contributed by atoms with Crippen LogP contribution in [-0.4, -0.2) is 41.7 Å². The predicted octanol–water partition coefficient (Wildman–Crippen LogP) is 3.05. The van der Waals surface area contributed by atoms with Crippen molar-refractivity contribution < 1.29 is 4.74 Å². The number of rotatable bonds is 5. The number of aromatic nitrogens is 1. The summed E-state index contributed by atoms with van der Waals surface area (Å²) >= 11 is 0. The Morgan fingerprint density at radius 1 is 1.33 bits per heavy atom. The molecule has 0 aromatic carbocycles. The van der Waals surface area contributed by atoms with Crippen LogP contribution in [-0.2, 0) is 11.3 Å². The zero-order valence-electron chi connectivity index (χ0n) is 13.1. The maximum atomic E-state index is 5.95.